The number of rotatable bonds is 9. The molecule has 1 aromatic carbocycles. The number of aromatic nitrogens is 2. The minimum Gasteiger partial charge on any atom is -0.480 e. The first-order valence-corrected chi connectivity index (χ1v) is 13.3. The summed E-state index contributed by atoms with van der Waals surface area (Å²) >= 11 is 0. The van der Waals surface area contributed by atoms with Crippen LogP contribution < -0.4 is 20.7 Å². The van der Waals surface area contributed by atoms with Crippen LogP contribution in [-0.2, 0) is 9.59 Å². The molecule has 1 fully saturated rings. The van der Waals surface area contributed by atoms with Crippen molar-refractivity contribution in [3.05, 3.63) is 53.2 Å². The number of benzene rings is 1. The van der Waals surface area contributed by atoms with Gasteiger partial charge >= 0.3 is 0 Å². The highest BCUT2D eigenvalue weighted by Gasteiger charge is 2.27. The molecule has 0 spiro atoms. The van der Waals surface area contributed by atoms with E-state index in [4.69, 9.17) is 10.00 Å². The lowest BCUT2D eigenvalue weighted by Gasteiger charge is -2.28. The van der Waals surface area contributed by atoms with E-state index in [2.05, 4.69) is 43.8 Å². The zero-order chi connectivity index (χ0) is 29.1. The largest absolute Gasteiger partial charge is 0.480 e. The number of nitriles is 1. The first-order chi connectivity index (χ1) is 19.2. The number of amides is 2. The predicted molar refractivity (Wildman–Crippen MR) is 154 cm³/mol. The third-order valence-corrected chi connectivity index (χ3v) is 6.67. The van der Waals surface area contributed by atoms with Crippen LogP contribution in [0.4, 0.5) is 11.6 Å². The van der Waals surface area contributed by atoms with Crippen molar-refractivity contribution in [2.75, 3.05) is 40.1 Å². The fourth-order valence-electron chi connectivity index (χ4n) is 4.42. The van der Waals surface area contributed by atoms with Gasteiger partial charge in [-0.3, -0.25) is 9.59 Å². The van der Waals surface area contributed by atoms with Crippen LogP contribution >= 0.6 is 0 Å². The first kappa shape index (κ1) is 30.1. The number of nitrogens with one attached hydrogen (secondary N) is 3. The molecule has 1 aromatic heterocycles. The van der Waals surface area contributed by atoms with E-state index >= 15 is 0 Å². The highest BCUT2D eigenvalue weighted by Crippen LogP contribution is 2.25. The minimum absolute atomic E-state index is 0.0140. The second-order valence-corrected chi connectivity index (χ2v) is 9.99. The van der Waals surface area contributed by atoms with Crippen molar-refractivity contribution < 1.29 is 14.3 Å². The Morgan fingerprint density at radius 2 is 2.00 bits per heavy atom. The van der Waals surface area contributed by atoms with Gasteiger partial charge in [0.25, 0.3) is 0 Å². The Hall–Kier alpha value is -4.41. The average molecular weight is 544 g/mol. The Morgan fingerprint density at radius 3 is 2.65 bits per heavy atom. The number of ether oxygens (including phenoxy) is 1. The van der Waals surface area contributed by atoms with Crippen LogP contribution in [0.2, 0.25) is 0 Å². The van der Waals surface area contributed by atoms with Crippen LogP contribution in [0.25, 0.3) is 0 Å². The normalized spacial score (nSPS) is 17.6. The molecular weight excluding hydrogens is 506 g/mol. The third kappa shape index (κ3) is 8.55. The summed E-state index contributed by atoms with van der Waals surface area (Å²) in [5, 5.41) is 17.8. The molecule has 0 unspecified atom stereocenters. The van der Waals surface area contributed by atoms with Crippen LogP contribution in [0.3, 0.4) is 0 Å². The van der Waals surface area contributed by atoms with E-state index in [-0.39, 0.29) is 23.8 Å². The standard InChI is InChI=1S/C30H37N7O3/c1-20(26(28(39)32-2)15-16-37(3)4)27(38)34-25-8-6-7-21(17-25)9-12-23-19-33-30(36-29(23)40-5)35-24-13-10-22(18-31)11-14-24/h10-11,13-15,19-21,25H,6-8,16-17H2,1-5H3,(H,32,39)(H,34,38)(H,33,35,36)/t20-,21-,25-/m0/s1. The van der Waals surface area contributed by atoms with Gasteiger partial charge in [-0.15, -0.1) is 0 Å². The molecule has 10 nitrogen and oxygen atoms in total. The molecule has 2 amide bonds. The number of likely N-dealkylation sites (N-methyl/N-ethyl adjacent to an activating group) is 2. The number of methoxy groups -OCH3 is 1. The second-order valence-electron chi connectivity index (χ2n) is 9.99. The highest BCUT2D eigenvalue weighted by atomic mass is 16.5. The average Bonchev–Trinajstić information content (AvgIpc) is 2.96. The van der Waals surface area contributed by atoms with Gasteiger partial charge in [-0.2, -0.15) is 10.2 Å². The third-order valence-electron chi connectivity index (χ3n) is 6.67. The molecule has 1 aliphatic rings. The maximum atomic E-state index is 13.0. The van der Waals surface area contributed by atoms with Crippen LogP contribution in [0.1, 0.15) is 43.7 Å². The maximum Gasteiger partial charge on any atom is 0.247 e. The summed E-state index contributed by atoms with van der Waals surface area (Å²) in [5.74, 6) is 6.32. The summed E-state index contributed by atoms with van der Waals surface area (Å²) < 4.78 is 5.45. The molecule has 3 atom stereocenters. The summed E-state index contributed by atoms with van der Waals surface area (Å²) in [6, 6.07) is 9.05. The van der Waals surface area contributed by atoms with E-state index in [9.17, 15) is 9.59 Å². The number of hydrogen-bond acceptors (Lipinski definition) is 8. The van der Waals surface area contributed by atoms with Gasteiger partial charge < -0.3 is 25.6 Å². The highest BCUT2D eigenvalue weighted by molar-refractivity contribution is 5.99. The maximum absolute atomic E-state index is 13.0. The SMILES string of the molecule is CNC(=O)C(=CCN(C)C)[C@H](C)C(=O)N[C@H]1CCC[C@@H](C#Cc2cnc(Nc3ccc(C#N)cc3)nc2OC)C1. The summed E-state index contributed by atoms with van der Waals surface area (Å²) in [6.45, 7) is 2.33. The Kier molecular flexibility index (Phi) is 11.0. The Morgan fingerprint density at radius 1 is 1.25 bits per heavy atom. The zero-order valence-corrected chi connectivity index (χ0v) is 23.7. The van der Waals surface area contributed by atoms with Gasteiger partial charge in [-0.05, 0) is 64.5 Å². The van der Waals surface area contributed by atoms with E-state index in [1.54, 1.807) is 50.5 Å². The second kappa shape index (κ2) is 14.7. The van der Waals surface area contributed by atoms with Crippen molar-refractivity contribution in [3.8, 4) is 23.8 Å². The van der Waals surface area contributed by atoms with Crippen LogP contribution in [-0.4, -0.2) is 67.5 Å². The van der Waals surface area contributed by atoms with Gasteiger partial charge in [-0.25, -0.2) is 4.98 Å². The van der Waals surface area contributed by atoms with Crippen LogP contribution in [0.15, 0.2) is 42.1 Å². The molecule has 10 heteroatoms. The molecule has 40 heavy (non-hydrogen) atoms. The molecule has 2 aromatic rings. The Bertz CT molecular complexity index is 1320. The van der Waals surface area contributed by atoms with Crippen molar-refractivity contribution in [2.24, 2.45) is 11.8 Å². The fraction of sp³-hybridized carbons (Fsp3) is 0.433. The molecular formula is C30H37N7O3. The lowest BCUT2D eigenvalue weighted by molar-refractivity contribution is -0.126. The molecule has 0 aliphatic heterocycles. The number of nitrogens with zero attached hydrogens (tertiary/aromatic N) is 4. The summed E-state index contributed by atoms with van der Waals surface area (Å²) in [4.78, 5) is 36.2. The van der Waals surface area contributed by atoms with Gasteiger partial charge in [0.15, 0.2) is 0 Å². The number of carbonyl (C=O) groups is 2. The summed E-state index contributed by atoms with van der Waals surface area (Å²) in [7, 11) is 6.93. The molecule has 0 saturated heterocycles. The molecule has 0 bridgehead atoms. The molecule has 210 valence electrons. The van der Waals surface area contributed by atoms with Crippen molar-refractivity contribution >= 4 is 23.5 Å². The molecule has 1 aliphatic carbocycles. The number of carbonyl (C=O) groups excluding carboxylic acids is 2. The van der Waals surface area contributed by atoms with Gasteiger partial charge in [0, 0.05) is 36.8 Å². The molecule has 1 heterocycles. The Labute approximate surface area is 236 Å². The zero-order valence-electron chi connectivity index (χ0n) is 23.7. The monoisotopic (exact) mass is 543 g/mol. The van der Waals surface area contributed by atoms with E-state index in [0.717, 1.165) is 31.4 Å². The number of anilines is 2. The summed E-state index contributed by atoms with van der Waals surface area (Å²) in [5.41, 5.74) is 2.36. The van der Waals surface area contributed by atoms with Crippen LogP contribution in [0, 0.1) is 35.0 Å². The lowest BCUT2D eigenvalue weighted by Crippen LogP contribution is -2.42. The van der Waals surface area contributed by atoms with Gasteiger partial charge in [0.05, 0.1) is 30.9 Å². The van der Waals surface area contributed by atoms with Crippen molar-refractivity contribution in [3.63, 3.8) is 0 Å². The predicted octanol–water partition coefficient (Wildman–Crippen LogP) is 3.00. The minimum atomic E-state index is -0.566. The first-order valence-electron chi connectivity index (χ1n) is 13.3. The number of hydrogen-bond donors (Lipinski definition) is 3. The van der Waals surface area contributed by atoms with Crippen molar-refractivity contribution in [1.29, 1.82) is 5.26 Å². The van der Waals surface area contributed by atoms with Gasteiger partial charge in [0.2, 0.25) is 23.6 Å². The van der Waals surface area contributed by atoms with Crippen LogP contribution in [0.5, 0.6) is 5.88 Å². The topological polar surface area (TPSA) is 132 Å². The Balaban J connectivity index is 1.64. The van der Waals surface area contributed by atoms with E-state index < -0.39 is 5.92 Å². The molecule has 0 radical (unpaired) electrons. The molecule has 3 N–H and O–H groups in total. The smallest absolute Gasteiger partial charge is 0.247 e. The van der Waals surface area contributed by atoms with Crippen molar-refractivity contribution in [2.45, 2.75) is 38.6 Å². The lowest BCUT2D eigenvalue weighted by atomic mass is 9.85. The summed E-state index contributed by atoms with van der Waals surface area (Å²) in [6.07, 6.45) is 6.90. The van der Waals surface area contributed by atoms with Gasteiger partial charge in [0.1, 0.15) is 5.56 Å². The molecule has 1 saturated carbocycles. The molecule has 3 rings (SSSR count). The van der Waals surface area contributed by atoms with Gasteiger partial charge in [-0.1, -0.05) is 24.3 Å². The van der Waals surface area contributed by atoms with E-state index in [1.165, 1.54) is 7.11 Å². The fourth-order valence-corrected chi connectivity index (χ4v) is 4.42. The van der Waals surface area contributed by atoms with Crippen molar-refractivity contribution in [1.82, 2.24) is 25.5 Å². The van der Waals surface area contributed by atoms with E-state index in [1.807, 2.05) is 19.0 Å². The van der Waals surface area contributed by atoms with E-state index in [0.29, 0.717) is 35.1 Å². The quantitative estimate of drug-likeness (QED) is 0.325.